The van der Waals surface area contributed by atoms with Crippen LogP contribution in [-0.2, 0) is 0 Å². The van der Waals surface area contributed by atoms with Crippen molar-refractivity contribution in [1.82, 2.24) is 5.32 Å². The van der Waals surface area contributed by atoms with Crippen molar-refractivity contribution in [2.24, 2.45) is 5.92 Å². The van der Waals surface area contributed by atoms with E-state index in [-0.39, 0.29) is 0 Å². The molecule has 20 heavy (non-hydrogen) atoms. The van der Waals surface area contributed by atoms with Crippen molar-refractivity contribution in [3.05, 3.63) is 29.8 Å². The van der Waals surface area contributed by atoms with E-state index >= 15 is 0 Å². The van der Waals surface area contributed by atoms with Crippen LogP contribution in [0.2, 0.25) is 0 Å². The minimum absolute atomic E-state index is 0.689. The highest BCUT2D eigenvalue weighted by Crippen LogP contribution is 2.32. The van der Waals surface area contributed by atoms with Crippen LogP contribution >= 0.6 is 0 Å². The van der Waals surface area contributed by atoms with Gasteiger partial charge in [-0.3, -0.25) is 0 Å². The molecule has 2 atom stereocenters. The molecule has 0 spiro atoms. The highest BCUT2D eigenvalue weighted by molar-refractivity contribution is 5.57. The fraction of sp³-hybridized carbons (Fsp3) is 0.667. The SMILES string of the molecule is CCCCC(CC)CNCCC1CNc2ccccc21. The topological polar surface area (TPSA) is 24.1 Å². The number of para-hydroxylation sites is 1. The molecule has 1 aromatic rings. The molecule has 1 aliphatic rings. The molecule has 0 aliphatic carbocycles. The third-order valence-electron chi connectivity index (χ3n) is 4.59. The molecule has 1 aromatic carbocycles. The summed E-state index contributed by atoms with van der Waals surface area (Å²) in [5, 5.41) is 7.19. The molecule has 2 unspecified atom stereocenters. The lowest BCUT2D eigenvalue weighted by molar-refractivity contribution is 0.415. The second-order valence-electron chi connectivity index (χ2n) is 6.07. The number of nitrogens with one attached hydrogen (secondary N) is 2. The number of hydrogen-bond donors (Lipinski definition) is 2. The monoisotopic (exact) mass is 274 g/mol. The third kappa shape index (κ3) is 4.24. The Hall–Kier alpha value is -1.02. The number of unbranched alkanes of at least 4 members (excludes halogenated alkanes) is 1. The Kier molecular flexibility index (Phi) is 6.38. The molecule has 0 bridgehead atoms. The fourth-order valence-electron chi connectivity index (χ4n) is 3.14. The van der Waals surface area contributed by atoms with Gasteiger partial charge in [-0.25, -0.2) is 0 Å². The van der Waals surface area contributed by atoms with Crippen LogP contribution in [0.4, 0.5) is 5.69 Å². The van der Waals surface area contributed by atoms with Crippen molar-refractivity contribution in [1.29, 1.82) is 0 Å². The van der Waals surface area contributed by atoms with E-state index in [1.54, 1.807) is 0 Å². The Labute approximate surface area is 124 Å². The number of anilines is 1. The van der Waals surface area contributed by atoms with E-state index in [4.69, 9.17) is 0 Å². The van der Waals surface area contributed by atoms with Gasteiger partial charge in [0.25, 0.3) is 0 Å². The molecule has 0 saturated carbocycles. The van der Waals surface area contributed by atoms with Gasteiger partial charge in [0, 0.05) is 18.2 Å². The Balaban J connectivity index is 1.67. The van der Waals surface area contributed by atoms with Crippen LogP contribution < -0.4 is 10.6 Å². The number of fused-ring (bicyclic) bond motifs is 1. The van der Waals surface area contributed by atoms with Crippen molar-refractivity contribution in [3.63, 3.8) is 0 Å². The van der Waals surface area contributed by atoms with Crippen LogP contribution in [0.5, 0.6) is 0 Å². The summed E-state index contributed by atoms with van der Waals surface area (Å²) in [6, 6.07) is 8.74. The molecule has 112 valence electrons. The molecule has 1 heterocycles. The second-order valence-corrected chi connectivity index (χ2v) is 6.07. The molecular weight excluding hydrogens is 244 g/mol. The first-order chi connectivity index (χ1) is 9.85. The van der Waals surface area contributed by atoms with E-state index in [1.165, 1.54) is 49.9 Å². The summed E-state index contributed by atoms with van der Waals surface area (Å²) in [7, 11) is 0. The molecule has 0 radical (unpaired) electrons. The molecule has 1 aliphatic heterocycles. The maximum Gasteiger partial charge on any atom is 0.0376 e. The van der Waals surface area contributed by atoms with Crippen molar-refractivity contribution >= 4 is 5.69 Å². The smallest absolute Gasteiger partial charge is 0.0376 e. The van der Waals surface area contributed by atoms with Gasteiger partial charge < -0.3 is 10.6 Å². The summed E-state index contributed by atoms with van der Waals surface area (Å²) in [4.78, 5) is 0. The number of hydrogen-bond acceptors (Lipinski definition) is 2. The quantitative estimate of drug-likeness (QED) is 0.653. The minimum Gasteiger partial charge on any atom is -0.384 e. The molecule has 0 aromatic heterocycles. The Bertz CT molecular complexity index is 389. The van der Waals surface area contributed by atoms with Crippen LogP contribution in [0.3, 0.4) is 0 Å². The normalized spacial score (nSPS) is 18.6. The highest BCUT2D eigenvalue weighted by atomic mass is 14.9. The van der Waals surface area contributed by atoms with Gasteiger partial charge in [-0.1, -0.05) is 51.3 Å². The first-order valence-corrected chi connectivity index (χ1v) is 8.38. The molecule has 2 heteroatoms. The highest BCUT2D eigenvalue weighted by Gasteiger charge is 2.20. The maximum absolute atomic E-state index is 3.68. The molecule has 2 N–H and O–H groups in total. The van der Waals surface area contributed by atoms with E-state index in [2.05, 4.69) is 48.7 Å². The average Bonchev–Trinajstić information content (AvgIpc) is 2.90. The maximum atomic E-state index is 3.68. The largest absolute Gasteiger partial charge is 0.384 e. The second kappa shape index (κ2) is 8.31. The molecule has 2 nitrogen and oxygen atoms in total. The molecule has 0 fully saturated rings. The van der Waals surface area contributed by atoms with E-state index < -0.39 is 0 Å². The summed E-state index contributed by atoms with van der Waals surface area (Å²) in [6.07, 6.45) is 6.63. The van der Waals surface area contributed by atoms with Gasteiger partial charge in [0.2, 0.25) is 0 Å². The van der Waals surface area contributed by atoms with Gasteiger partial charge >= 0.3 is 0 Å². The molecular formula is C18H30N2. The lowest BCUT2D eigenvalue weighted by Crippen LogP contribution is -2.25. The van der Waals surface area contributed by atoms with Crippen molar-refractivity contribution in [2.75, 3.05) is 25.0 Å². The van der Waals surface area contributed by atoms with E-state index in [0.717, 1.165) is 19.0 Å². The van der Waals surface area contributed by atoms with Crippen LogP contribution in [0, 0.1) is 5.92 Å². The van der Waals surface area contributed by atoms with Crippen LogP contribution in [0.25, 0.3) is 0 Å². The lowest BCUT2D eigenvalue weighted by Gasteiger charge is -2.16. The standard InChI is InChI=1S/C18H30N2/c1-3-5-8-15(4-2)13-19-12-11-16-14-20-18-10-7-6-9-17(16)18/h6-7,9-10,15-16,19-20H,3-5,8,11-14H2,1-2H3. The Morgan fingerprint density at radius 1 is 1.30 bits per heavy atom. The summed E-state index contributed by atoms with van der Waals surface area (Å²) >= 11 is 0. The third-order valence-corrected chi connectivity index (χ3v) is 4.59. The van der Waals surface area contributed by atoms with Gasteiger partial charge in [-0.2, -0.15) is 0 Å². The zero-order chi connectivity index (χ0) is 14.2. The minimum atomic E-state index is 0.689. The van der Waals surface area contributed by atoms with Crippen LogP contribution in [-0.4, -0.2) is 19.6 Å². The number of benzene rings is 1. The summed E-state index contributed by atoms with van der Waals surface area (Å²) in [5.74, 6) is 1.55. The first-order valence-electron chi connectivity index (χ1n) is 8.38. The molecule has 0 saturated heterocycles. The van der Waals surface area contributed by atoms with Gasteiger partial charge in [0.15, 0.2) is 0 Å². The zero-order valence-electron chi connectivity index (χ0n) is 13.1. The summed E-state index contributed by atoms with van der Waals surface area (Å²) in [5.41, 5.74) is 2.85. The van der Waals surface area contributed by atoms with Crippen molar-refractivity contribution in [3.8, 4) is 0 Å². The predicted molar refractivity (Wildman–Crippen MR) is 88.5 cm³/mol. The average molecular weight is 274 g/mol. The van der Waals surface area contributed by atoms with Crippen molar-refractivity contribution < 1.29 is 0 Å². The van der Waals surface area contributed by atoms with Gasteiger partial charge in [-0.15, -0.1) is 0 Å². The Morgan fingerprint density at radius 3 is 2.95 bits per heavy atom. The van der Waals surface area contributed by atoms with E-state index in [9.17, 15) is 0 Å². The van der Waals surface area contributed by atoms with Gasteiger partial charge in [-0.05, 0) is 43.5 Å². The fourth-order valence-corrected chi connectivity index (χ4v) is 3.14. The lowest BCUT2D eigenvalue weighted by atomic mass is 9.97. The summed E-state index contributed by atoms with van der Waals surface area (Å²) in [6.45, 7) is 8.04. The molecule has 2 rings (SSSR count). The van der Waals surface area contributed by atoms with Crippen molar-refractivity contribution in [2.45, 2.75) is 51.9 Å². The van der Waals surface area contributed by atoms with Gasteiger partial charge in [0.1, 0.15) is 0 Å². The van der Waals surface area contributed by atoms with Gasteiger partial charge in [0.05, 0.1) is 0 Å². The Morgan fingerprint density at radius 2 is 2.15 bits per heavy atom. The summed E-state index contributed by atoms with van der Waals surface area (Å²) < 4.78 is 0. The molecule has 0 amide bonds. The van der Waals surface area contributed by atoms with Crippen LogP contribution in [0.15, 0.2) is 24.3 Å². The number of rotatable bonds is 9. The predicted octanol–water partition coefficient (Wildman–Crippen LogP) is 4.39. The van der Waals surface area contributed by atoms with E-state index in [1.807, 2.05) is 0 Å². The van der Waals surface area contributed by atoms with Crippen LogP contribution in [0.1, 0.15) is 57.4 Å². The zero-order valence-corrected chi connectivity index (χ0v) is 13.1. The van der Waals surface area contributed by atoms with E-state index in [0.29, 0.717) is 5.92 Å². The first kappa shape index (κ1) is 15.4.